The highest BCUT2D eigenvalue weighted by atomic mass is 35.5. The Balaban J connectivity index is 1.25. The minimum absolute atomic E-state index is 0.0223. The van der Waals surface area contributed by atoms with E-state index in [2.05, 4.69) is 25.2 Å². The normalized spacial score (nSPS) is 11.6. The lowest BCUT2D eigenvalue weighted by molar-refractivity contribution is -0.497. The number of nitrogens with zero attached hydrogens (tertiary/aromatic N) is 7. The highest BCUT2D eigenvalue weighted by Crippen LogP contribution is 2.31. The third kappa shape index (κ3) is 11.3. The van der Waals surface area contributed by atoms with Crippen LogP contribution < -0.4 is 4.74 Å². The number of halogens is 1. The van der Waals surface area contributed by atoms with E-state index in [-0.39, 0.29) is 48.9 Å². The van der Waals surface area contributed by atoms with E-state index in [9.17, 15) is 14.4 Å². The smallest absolute Gasteiger partial charge is 0.435 e. The average molecular weight is 780 g/mol. The number of hydrogen-bond donors (Lipinski definition) is 2. The van der Waals surface area contributed by atoms with Gasteiger partial charge in [-0.1, -0.05) is 85.6 Å². The molecule has 19 heteroatoms. The Hall–Kier alpha value is -5.92. The second-order valence-corrected chi connectivity index (χ2v) is 12.0. The van der Waals surface area contributed by atoms with Crippen LogP contribution in [0.15, 0.2) is 72.8 Å². The van der Waals surface area contributed by atoms with Gasteiger partial charge in [0.15, 0.2) is 10.8 Å². The molecule has 55 heavy (non-hydrogen) atoms. The molecule has 0 radical (unpaired) electrons. The highest BCUT2D eigenvalue weighted by Gasteiger charge is 2.26. The molecule has 0 saturated carbocycles. The van der Waals surface area contributed by atoms with E-state index in [1.807, 2.05) is 55.5 Å². The lowest BCUT2D eigenvalue weighted by atomic mass is 9.98. The first-order valence-electron chi connectivity index (χ1n) is 17.0. The summed E-state index contributed by atoms with van der Waals surface area (Å²) >= 11 is 6.47. The molecular weight excluding hydrogens is 742 g/mol. The number of ether oxygens (including phenoxy) is 5. The summed E-state index contributed by atoms with van der Waals surface area (Å²) in [4.78, 5) is 47.3. The number of benzene rings is 3. The fourth-order valence-corrected chi connectivity index (χ4v) is 5.48. The molecule has 2 N–H and O–H groups in total. The maximum atomic E-state index is 13.3. The van der Waals surface area contributed by atoms with Crippen LogP contribution in [0.5, 0.6) is 5.75 Å². The van der Waals surface area contributed by atoms with Crippen molar-refractivity contribution in [3.05, 3.63) is 101 Å². The van der Waals surface area contributed by atoms with E-state index >= 15 is 0 Å². The molecule has 0 aliphatic heterocycles. The van der Waals surface area contributed by atoms with E-state index in [1.54, 1.807) is 23.6 Å². The summed E-state index contributed by atoms with van der Waals surface area (Å²) < 4.78 is 27.1. The molecule has 0 amide bonds. The van der Waals surface area contributed by atoms with Gasteiger partial charge in [-0.05, 0) is 52.9 Å². The first-order chi connectivity index (χ1) is 26.5. The van der Waals surface area contributed by atoms with Crippen molar-refractivity contribution >= 4 is 29.9 Å². The molecule has 2 aromatic heterocycles. The van der Waals surface area contributed by atoms with Crippen molar-refractivity contribution < 1.29 is 53.3 Å². The lowest BCUT2D eigenvalue weighted by Crippen LogP contribution is -2.24. The second kappa shape index (κ2) is 19.4. The molecule has 0 saturated heterocycles. The van der Waals surface area contributed by atoms with Crippen LogP contribution in [0.4, 0.5) is 9.59 Å². The fraction of sp³-hybridized carbons (Fsp3) is 0.306. The Morgan fingerprint density at radius 3 is 2.29 bits per heavy atom. The Morgan fingerprint density at radius 1 is 0.891 bits per heavy atom. The Kier molecular flexibility index (Phi) is 14.2. The molecule has 0 aliphatic carbocycles. The maximum Gasteiger partial charge on any atom is 0.515 e. The Bertz CT molecular complexity index is 2050. The monoisotopic (exact) mass is 779 g/mol. The third-order valence-electron chi connectivity index (χ3n) is 7.74. The van der Waals surface area contributed by atoms with Crippen LogP contribution in [0, 0.1) is 0 Å². The summed E-state index contributed by atoms with van der Waals surface area (Å²) in [6.45, 7) is 4.94. The Morgan fingerprint density at radius 2 is 1.60 bits per heavy atom. The van der Waals surface area contributed by atoms with Crippen LogP contribution in [0.1, 0.15) is 61.1 Å². The number of unbranched alkanes of at least 4 members (excludes halogenated alkanes) is 1. The fourth-order valence-electron chi connectivity index (χ4n) is 5.21. The van der Waals surface area contributed by atoms with Crippen LogP contribution in [-0.2, 0) is 50.1 Å². The lowest BCUT2D eigenvalue weighted by Gasteiger charge is -2.16. The molecular formula is C36H38ClN7O11. The van der Waals surface area contributed by atoms with Gasteiger partial charge >= 0.3 is 18.3 Å². The topological polar surface area (TPSA) is 212 Å². The summed E-state index contributed by atoms with van der Waals surface area (Å²) in [5.41, 5.74) is 3.79. The van der Waals surface area contributed by atoms with Gasteiger partial charge in [0.25, 0.3) is 0 Å². The molecule has 1 unspecified atom stereocenters. The van der Waals surface area contributed by atoms with E-state index in [0.717, 1.165) is 34.3 Å². The van der Waals surface area contributed by atoms with Crippen LogP contribution >= 0.6 is 11.6 Å². The predicted octanol–water partition coefficient (Wildman–Crippen LogP) is 6.61. The molecule has 1 atom stereocenters. The molecule has 3 aromatic carbocycles. The van der Waals surface area contributed by atoms with E-state index in [4.69, 9.17) is 45.7 Å². The molecule has 0 spiro atoms. The molecule has 0 fully saturated rings. The van der Waals surface area contributed by atoms with Crippen LogP contribution in [0.2, 0.25) is 5.15 Å². The number of aryl methyl sites for hydroxylation is 1. The summed E-state index contributed by atoms with van der Waals surface area (Å²) in [6.07, 6.45) is -0.897. The first-order valence-corrected chi connectivity index (χ1v) is 17.4. The quantitative estimate of drug-likeness (QED) is 0.0334. The first kappa shape index (κ1) is 40.3. The summed E-state index contributed by atoms with van der Waals surface area (Å²) in [7, 11) is 0. The minimum atomic E-state index is -1.23. The van der Waals surface area contributed by atoms with Crippen molar-refractivity contribution in [2.45, 2.75) is 66.2 Å². The molecule has 290 valence electrons. The van der Waals surface area contributed by atoms with E-state index in [0.29, 0.717) is 23.4 Å². The maximum absolute atomic E-state index is 13.3. The number of carbonyl (C=O) groups excluding carboxylic acids is 3. The van der Waals surface area contributed by atoms with Crippen LogP contribution in [0.3, 0.4) is 0 Å². The molecule has 2 heterocycles. The SMILES string of the molecule is CCCCc1nc(Cl)c(C(=O)OC(C)OC(=O)OCC)n1Cc1ccc(-c2ccccc2-c2nnn(COC(=O)Oc3ccc(CON(O)O)cc3)n2)cc1. The summed E-state index contributed by atoms with van der Waals surface area (Å²) in [5.74, 6) is 0.284. The zero-order valence-corrected chi connectivity index (χ0v) is 30.8. The van der Waals surface area contributed by atoms with Crippen molar-refractivity contribution in [1.82, 2.24) is 35.1 Å². The zero-order valence-electron chi connectivity index (χ0n) is 30.0. The van der Waals surface area contributed by atoms with Crippen LogP contribution in [-0.4, -0.2) is 76.7 Å². The number of carbonyl (C=O) groups is 3. The summed E-state index contributed by atoms with van der Waals surface area (Å²) in [6, 6.07) is 21.2. The van der Waals surface area contributed by atoms with Crippen molar-refractivity contribution in [2.24, 2.45) is 0 Å². The van der Waals surface area contributed by atoms with Crippen molar-refractivity contribution in [3.63, 3.8) is 0 Å². The van der Waals surface area contributed by atoms with Crippen molar-refractivity contribution in [2.75, 3.05) is 6.61 Å². The van der Waals surface area contributed by atoms with Crippen LogP contribution in [0.25, 0.3) is 22.5 Å². The molecule has 18 nitrogen and oxygen atoms in total. The number of tetrazole rings is 1. The molecule has 0 aliphatic rings. The second-order valence-electron chi connectivity index (χ2n) is 11.7. The largest absolute Gasteiger partial charge is 0.515 e. The number of aromatic nitrogens is 6. The zero-order chi connectivity index (χ0) is 39.3. The van der Waals surface area contributed by atoms with Gasteiger partial charge in [-0.25, -0.2) is 24.2 Å². The predicted molar refractivity (Wildman–Crippen MR) is 190 cm³/mol. The van der Waals surface area contributed by atoms with E-state index < -0.39 is 30.0 Å². The molecule has 5 rings (SSSR count). The molecule has 0 bridgehead atoms. The standard InChI is InChI=1S/C36H38ClN7O11/c1-4-6-11-30-38-32(37)31(34(45)53-23(3)54-35(46)50-5-2)42(30)20-24-12-16-26(17-13-24)28-9-7-8-10-29(28)33-39-41-43(40-33)22-51-36(47)55-27-18-14-25(15-19-27)21-52-44(48)49/h7-10,12-19,23,48-49H,4-6,11,20-22H2,1-3H3. The number of hydrogen-bond acceptors (Lipinski definition) is 16. The average Bonchev–Trinajstić information content (AvgIpc) is 3.76. The number of rotatable bonds is 17. The van der Waals surface area contributed by atoms with Gasteiger partial charge < -0.3 is 28.3 Å². The van der Waals surface area contributed by atoms with E-state index in [1.165, 1.54) is 19.1 Å². The highest BCUT2D eigenvalue weighted by molar-refractivity contribution is 6.32. The Labute approximate surface area is 319 Å². The van der Waals surface area contributed by atoms with Crippen molar-refractivity contribution in [3.8, 4) is 28.3 Å². The number of esters is 1. The van der Waals surface area contributed by atoms with Gasteiger partial charge in [-0.3, -0.25) is 10.4 Å². The van der Waals surface area contributed by atoms with Gasteiger partial charge in [0.05, 0.1) is 18.6 Å². The summed E-state index contributed by atoms with van der Waals surface area (Å²) in [5, 5.41) is 29.4. The van der Waals surface area contributed by atoms with Crippen molar-refractivity contribution in [1.29, 1.82) is 0 Å². The minimum Gasteiger partial charge on any atom is -0.435 e. The molecule has 5 aromatic rings. The number of imidazole rings is 1. The van der Waals surface area contributed by atoms with Gasteiger partial charge in [-0.2, -0.15) is 0 Å². The van der Waals surface area contributed by atoms with Gasteiger partial charge in [-0.15, -0.1) is 15.0 Å². The van der Waals surface area contributed by atoms with Gasteiger partial charge in [0.1, 0.15) is 11.6 Å². The van der Waals surface area contributed by atoms with Gasteiger partial charge in [0.2, 0.25) is 18.8 Å². The third-order valence-corrected chi connectivity index (χ3v) is 8.01. The van der Waals surface area contributed by atoms with Gasteiger partial charge in [0, 0.05) is 25.5 Å².